The second-order valence-corrected chi connectivity index (χ2v) is 7.42. The Kier molecular flexibility index (Phi) is 6.61. The number of nitrogens with zero attached hydrogens (tertiary/aromatic N) is 2. The fourth-order valence-corrected chi connectivity index (χ4v) is 3.49. The van der Waals surface area contributed by atoms with Crippen molar-refractivity contribution < 1.29 is 19.2 Å². The molecule has 3 aromatic rings. The number of amides is 2. The predicted octanol–water partition coefficient (Wildman–Crippen LogP) is 4.06. The topological polar surface area (TPSA) is 114 Å². The number of morpholine rings is 1. The number of carbonyl (C=O) groups excluding carboxylic acids is 2. The maximum absolute atomic E-state index is 12.8. The Morgan fingerprint density at radius 2 is 1.61 bits per heavy atom. The summed E-state index contributed by atoms with van der Waals surface area (Å²) in [6, 6.07) is 19.9. The number of nitro groups is 1. The van der Waals surface area contributed by atoms with Gasteiger partial charge < -0.3 is 20.3 Å². The molecule has 9 heteroatoms. The molecule has 1 heterocycles. The zero-order chi connectivity index (χ0) is 23.2. The summed E-state index contributed by atoms with van der Waals surface area (Å²) in [5.74, 6) is -0.651. The Balaban J connectivity index is 1.51. The number of hydrogen-bond donors (Lipinski definition) is 2. The van der Waals surface area contributed by atoms with Gasteiger partial charge in [-0.15, -0.1) is 0 Å². The number of nitro benzene ring substituents is 1. The Morgan fingerprint density at radius 1 is 0.879 bits per heavy atom. The molecule has 0 aliphatic carbocycles. The highest BCUT2D eigenvalue weighted by molar-refractivity contribution is 6.06. The highest BCUT2D eigenvalue weighted by Crippen LogP contribution is 2.29. The van der Waals surface area contributed by atoms with Gasteiger partial charge in [-0.25, -0.2) is 0 Å². The second kappa shape index (κ2) is 9.92. The van der Waals surface area contributed by atoms with Crippen LogP contribution >= 0.6 is 0 Å². The molecule has 1 aliphatic rings. The normalized spacial score (nSPS) is 13.3. The molecule has 0 saturated carbocycles. The largest absolute Gasteiger partial charge is 0.378 e. The van der Waals surface area contributed by atoms with Crippen molar-refractivity contribution >= 4 is 34.6 Å². The lowest BCUT2D eigenvalue weighted by Gasteiger charge is -2.27. The summed E-state index contributed by atoms with van der Waals surface area (Å²) in [6.07, 6.45) is 0. The molecule has 0 unspecified atom stereocenters. The van der Waals surface area contributed by atoms with E-state index in [0.29, 0.717) is 43.2 Å². The standard InChI is InChI=1S/C24H22N4O5/c29-23(26-20-8-4-5-18(15-20)24(30)27-11-13-33-14-12-27)17-9-10-21(22(16-17)28(31)32)25-19-6-2-1-3-7-19/h1-10,15-16,25H,11-14H2,(H,26,29). The van der Waals surface area contributed by atoms with E-state index in [1.54, 1.807) is 41.3 Å². The lowest BCUT2D eigenvalue weighted by molar-refractivity contribution is -0.383. The fourth-order valence-electron chi connectivity index (χ4n) is 3.49. The fraction of sp³-hybridized carbons (Fsp3) is 0.167. The minimum Gasteiger partial charge on any atom is -0.378 e. The number of hydrogen-bond acceptors (Lipinski definition) is 6. The van der Waals surface area contributed by atoms with Crippen LogP contribution in [0.5, 0.6) is 0 Å². The summed E-state index contributed by atoms with van der Waals surface area (Å²) in [5.41, 5.74) is 1.75. The molecule has 4 rings (SSSR count). The van der Waals surface area contributed by atoms with Gasteiger partial charge in [0, 0.05) is 41.7 Å². The molecule has 0 spiro atoms. The third-order valence-corrected chi connectivity index (χ3v) is 5.18. The van der Waals surface area contributed by atoms with Gasteiger partial charge in [0.2, 0.25) is 0 Å². The van der Waals surface area contributed by atoms with Crippen LogP contribution in [0.2, 0.25) is 0 Å². The first-order valence-corrected chi connectivity index (χ1v) is 10.4. The molecule has 9 nitrogen and oxygen atoms in total. The first-order chi connectivity index (χ1) is 16.0. The Labute approximate surface area is 190 Å². The summed E-state index contributed by atoms with van der Waals surface area (Å²) in [4.78, 5) is 38.2. The van der Waals surface area contributed by atoms with E-state index in [1.165, 1.54) is 18.2 Å². The second-order valence-electron chi connectivity index (χ2n) is 7.42. The number of carbonyl (C=O) groups is 2. The highest BCUT2D eigenvalue weighted by Gasteiger charge is 2.20. The average molecular weight is 446 g/mol. The van der Waals surface area contributed by atoms with Gasteiger partial charge >= 0.3 is 0 Å². The number of rotatable bonds is 6. The number of anilines is 3. The molecule has 2 N–H and O–H groups in total. The maximum Gasteiger partial charge on any atom is 0.293 e. The van der Waals surface area contributed by atoms with Crippen molar-refractivity contribution in [1.29, 1.82) is 0 Å². The van der Waals surface area contributed by atoms with Gasteiger partial charge in [0.15, 0.2) is 0 Å². The van der Waals surface area contributed by atoms with E-state index in [-0.39, 0.29) is 22.8 Å². The van der Waals surface area contributed by atoms with Gasteiger partial charge in [-0.2, -0.15) is 0 Å². The number of benzene rings is 3. The number of nitrogens with one attached hydrogen (secondary N) is 2. The van der Waals surface area contributed by atoms with E-state index >= 15 is 0 Å². The molecule has 0 bridgehead atoms. The van der Waals surface area contributed by atoms with E-state index in [0.717, 1.165) is 0 Å². The predicted molar refractivity (Wildman–Crippen MR) is 124 cm³/mol. The molecule has 1 fully saturated rings. The van der Waals surface area contributed by atoms with Gasteiger partial charge in [0.1, 0.15) is 5.69 Å². The van der Waals surface area contributed by atoms with Crippen molar-refractivity contribution in [2.24, 2.45) is 0 Å². The molecule has 0 atom stereocenters. The smallest absolute Gasteiger partial charge is 0.293 e. The molecule has 2 amide bonds. The zero-order valence-corrected chi connectivity index (χ0v) is 17.7. The molecule has 1 saturated heterocycles. The third kappa shape index (κ3) is 5.34. The Morgan fingerprint density at radius 3 is 2.33 bits per heavy atom. The summed E-state index contributed by atoms with van der Waals surface area (Å²) >= 11 is 0. The van der Waals surface area contributed by atoms with E-state index in [9.17, 15) is 19.7 Å². The third-order valence-electron chi connectivity index (χ3n) is 5.18. The lowest BCUT2D eigenvalue weighted by atomic mass is 10.1. The van der Waals surface area contributed by atoms with Crippen molar-refractivity contribution in [3.05, 3.63) is 94.0 Å². The van der Waals surface area contributed by atoms with Crippen molar-refractivity contribution in [2.45, 2.75) is 0 Å². The Hall–Kier alpha value is -4.24. The van der Waals surface area contributed by atoms with E-state index < -0.39 is 10.8 Å². The first-order valence-electron chi connectivity index (χ1n) is 10.4. The van der Waals surface area contributed by atoms with Crippen molar-refractivity contribution in [3.8, 4) is 0 Å². The van der Waals surface area contributed by atoms with Crippen molar-refractivity contribution in [1.82, 2.24) is 4.90 Å². The maximum atomic E-state index is 12.8. The highest BCUT2D eigenvalue weighted by atomic mass is 16.6. The van der Waals surface area contributed by atoms with E-state index in [1.807, 2.05) is 18.2 Å². The van der Waals surface area contributed by atoms with Crippen LogP contribution in [0, 0.1) is 10.1 Å². The van der Waals surface area contributed by atoms with Crippen LogP contribution in [0.15, 0.2) is 72.8 Å². The van der Waals surface area contributed by atoms with Gasteiger partial charge in [-0.1, -0.05) is 24.3 Å². The molecular formula is C24H22N4O5. The number of para-hydroxylation sites is 1. The SMILES string of the molecule is O=C(Nc1cccc(C(=O)N2CCOCC2)c1)c1ccc(Nc2ccccc2)c([N+](=O)[O-])c1. The van der Waals surface area contributed by atoms with Crippen LogP contribution in [0.25, 0.3) is 0 Å². The minimum atomic E-state index is -0.538. The number of ether oxygens (including phenoxy) is 1. The summed E-state index contributed by atoms with van der Waals surface area (Å²) in [5, 5.41) is 17.3. The van der Waals surface area contributed by atoms with Gasteiger partial charge in [-0.3, -0.25) is 19.7 Å². The van der Waals surface area contributed by atoms with Gasteiger partial charge in [-0.05, 0) is 42.5 Å². The van der Waals surface area contributed by atoms with Gasteiger partial charge in [0.05, 0.1) is 18.1 Å². The average Bonchev–Trinajstić information content (AvgIpc) is 2.85. The molecule has 0 radical (unpaired) electrons. The van der Waals surface area contributed by atoms with Crippen LogP contribution in [0.4, 0.5) is 22.7 Å². The molecule has 0 aromatic heterocycles. The van der Waals surface area contributed by atoms with Crippen LogP contribution < -0.4 is 10.6 Å². The molecular weight excluding hydrogens is 424 g/mol. The lowest BCUT2D eigenvalue weighted by Crippen LogP contribution is -2.40. The van der Waals surface area contributed by atoms with E-state index in [4.69, 9.17) is 4.74 Å². The minimum absolute atomic E-state index is 0.130. The molecule has 33 heavy (non-hydrogen) atoms. The summed E-state index contributed by atoms with van der Waals surface area (Å²) in [6.45, 7) is 2.02. The zero-order valence-electron chi connectivity index (χ0n) is 17.7. The Bertz CT molecular complexity index is 1180. The van der Waals surface area contributed by atoms with Gasteiger partial charge in [0.25, 0.3) is 17.5 Å². The van der Waals surface area contributed by atoms with Crippen LogP contribution in [0.1, 0.15) is 20.7 Å². The first kappa shape index (κ1) is 22.0. The van der Waals surface area contributed by atoms with Crippen LogP contribution in [0.3, 0.4) is 0 Å². The quantitative estimate of drug-likeness (QED) is 0.436. The van der Waals surface area contributed by atoms with Crippen molar-refractivity contribution in [2.75, 3.05) is 36.9 Å². The van der Waals surface area contributed by atoms with Crippen LogP contribution in [-0.2, 0) is 4.74 Å². The monoisotopic (exact) mass is 446 g/mol. The van der Waals surface area contributed by atoms with Crippen LogP contribution in [-0.4, -0.2) is 47.9 Å². The molecule has 3 aromatic carbocycles. The summed E-state index contributed by atoms with van der Waals surface area (Å²) < 4.78 is 5.28. The summed E-state index contributed by atoms with van der Waals surface area (Å²) in [7, 11) is 0. The molecule has 1 aliphatic heterocycles. The van der Waals surface area contributed by atoms with E-state index in [2.05, 4.69) is 10.6 Å². The molecule has 168 valence electrons. The van der Waals surface area contributed by atoms with Crippen molar-refractivity contribution in [3.63, 3.8) is 0 Å².